The van der Waals surface area contributed by atoms with E-state index in [0.717, 1.165) is 12.0 Å². The van der Waals surface area contributed by atoms with Gasteiger partial charge >= 0.3 is 0 Å². The van der Waals surface area contributed by atoms with Crippen molar-refractivity contribution in [1.29, 1.82) is 0 Å². The molecule has 0 heterocycles. The molecule has 0 aliphatic rings. The number of nitrogen functional groups attached to an aromatic ring is 1. The van der Waals surface area contributed by atoms with Crippen molar-refractivity contribution in [3.8, 4) is 0 Å². The summed E-state index contributed by atoms with van der Waals surface area (Å²) in [6.45, 7) is 2.70. The maximum Gasteiger partial charge on any atom is 0.224 e. The molecule has 0 spiro atoms. The van der Waals surface area contributed by atoms with Crippen LogP contribution in [0.4, 0.5) is 5.69 Å². The van der Waals surface area contributed by atoms with Crippen molar-refractivity contribution in [2.24, 2.45) is 0 Å². The van der Waals surface area contributed by atoms with E-state index < -0.39 is 0 Å². The van der Waals surface area contributed by atoms with Crippen molar-refractivity contribution >= 4 is 11.6 Å². The maximum atomic E-state index is 11.9. The summed E-state index contributed by atoms with van der Waals surface area (Å²) < 4.78 is 0. The number of hydrogen-bond donors (Lipinski definition) is 2. The van der Waals surface area contributed by atoms with Crippen molar-refractivity contribution in [2.45, 2.75) is 26.3 Å². The molecule has 3 nitrogen and oxygen atoms in total. The standard InChI is InChI=1S/C17H20N2O/c1-2-14-5-3-4-6-15(14)12-19-17(20)11-13-7-9-16(18)10-8-13/h3-10H,2,11-12,18H2,1H3,(H,19,20). The maximum absolute atomic E-state index is 11.9. The molecule has 0 fully saturated rings. The van der Waals surface area contributed by atoms with Gasteiger partial charge in [0.1, 0.15) is 0 Å². The minimum atomic E-state index is 0.0284. The van der Waals surface area contributed by atoms with Crippen molar-refractivity contribution < 1.29 is 4.79 Å². The molecule has 0 bridgehead atoms. The fraction of sp³-hybridized carbons (Fsp3) is 0.235. The lowest BCUT2D eigenvalue weighted by molar-refractivity contribution is -0.120. The molecule has 1 amide bonds. The first-order valence-corrected chi connectivity index (χ1v) is 6.87. The summed E-state index contributed by atoms with van der Waals surface area (Å²) in [7, 11) is 0. The monoisotopic (exact) mass is 268 g/mol. The van der Waals surface area contributed by atoms with Crippen LogP contribution in [0.15, 0.2) is 48.5 Å². The lowest BCUT2D eigenvalue weighted by atomic mass is 10.1. The Kier molecular flexibility index (Phi) is 4.77. The molecule has 0 atom stereocenters. The Morgan fingerprint density at radius 1 is 1.05 bits per heavy atom. The number of carbonyl (C=O) groups is 1. The smallest absolute Gasteiger partial charge is 0.224 e. The van der Waals surface area contributed by atoms with E-state index in [2.05, 4.69) is 24.4 Å². The van der Waals surface area contributed by atoms with Gasteiger partial charge in [0.05, 0.1) is 6.42 Å². The van der Waals surface area contributed by atoms with Crippen molar-refractivity contribution in [3.63, 3.8) is 0 Å². The number of rotatable bonds is 5. The van der Waals surface area contributed by atoms with Crippen LogP contribution in [-0.4, -0.2) is 5.91 Å². The van der Waals surface area contributed by atoms with E-state index in [1.165, 1.54) is 11.1 Å². The number of nitrogens with two attached hydrogens (primary N) is 1. The predicted octanol–water partition coefficient (Wildman–Crippen LogP) is 2.69. The SMILES string of the molecule is CCc1ccccc1CNC(=O)Cc1ccc(N)cc1. The zero-order valence-electron chi connectivity index (χ0n) is 11.7. The number of anilines is 1. The van der Waals surface area contributed by atoms with Gasteiger partial charge in [0, 0.05) is 12.2 Å². The normalized spacial score (nSPS) is 10.2. The quantitative estimate of drug-likeness (QED) is 0.819. The average Bonchev–Trinajstić information content (AvgIpc) is 2.48. The van der Waals surface area contributed by atoms with Crippen LogP contribution in [0.3, 0.4) is 0 Å². The highest BCUT2D eigenvalue weighted by molar-refractivity contribution is 5.78. The highest BCUT2D eigenvalue weighted by atomic mass is 16.1. The Hall–Kier alpha value is -2.29. The van der Waals surface area contributed by atoms with Crippen LogP contribution < -0.4 is 11.1 Å². The molecule has 104 valence electrons. The molecule has 3 heteroatoms. The molecule has 0 unspecified atom stereocenters. The van der Waals surface area contributed by atoms with Crippen LogP contribution in [0.25, 0.3) is 0 Å². The van der Waals surface area contributed by atoms with Gasteiger partial charge in [0.25, 0.3) is 0 Å². The summed E-state index contributed by atoms with van der Waals surface area (Å²) in [4.78, 5) is 11.9. The topological polar surface area (TPSA) is 55.1 Å². The molecule has 0 aliphatic heterocycles. The molecule has 0 aliphatic carbocycles. The van der Waals surface area contributed by atoms with Crippen LogP contribution in [0.2, 0.25) is 0 Å². The zero-order chi connectivity index (χ0) is 14.4. The van der Waals surface area contributed by atoms with Crippen LogP contribution in [0.1, 0.15) is 23.6 Å². The first kappa shape index (κ1) is 14.1. The van der Waals surface area contributed by atoms with E-state index in [1.54, 1.807) is 0 Å². The second-order valence-corrected chi connectivity index (χ2v) is 4.82. The first-order valence-electron chi connectivity index (χ1n) is 6.87. The first-order chi connectivity index (χ1) is 9.69. The summed E-state index contributed by atoms with van der Waals surface area (Å²) in [5.41, 5.74) is 9.77. The van der Waals surface area contributed by atoms with E-state index in [4.69, 9.17) is 5.73 Å². The molecule has 2 aromatic carbocycles. The number of carbonyl (C=O) groups excluding carboxylic acids is 1. The summed E-state index contributed by atoms with van der Waals surface area (Å²) in [5.74, 6) is 0.0284. The number of nitrogens with one attached hydrogen (secondary N) is 1. The number of amides is 1. The lowest BCUT2D eigenvalue weighted by Gasteiger charge is -2.09. The molecule has 20 heavy (non-hydrogen) atoms. The molecule has 3 N–H and O–H groups in total. The number of benzene rings is 2. The molecule has 2 aromatic rings. The Morgan fingerprint density at radius 2 is 1.70 bits per heavy atom. The third kappa shape index (κ3) is 3.85. The van der Waals surface area contributed by atoms with Gasteiger partial charge in [0.15, 0.2) is 0 Å². The summed E-state index contributed by atoms with van der Waals surface area (Å²) in [6.07, 6.45) is 1.36. The van der Waals surface area contributed by atoms with Crippen LogP contribution in [-0.2, 0) is 24.2 Å². The highest BCUT2D eigenvalue weighted by Gasteiger charge is 2.05. The predicted molar refractivity (Wildman–Crippen MR) is 82.2 cm³/mol. The minimum absolute atomic E-state index is 0.0284. The Labute approximate surface area is 119 Å². The average molecular weight is 268 g/mol. The van der Waals surface area contributed by atoms with Gasteiger partial charge in [-0.1, -0.05) is 43.3 Å². The van der Waals surface area contributed by atoms with Gasteiger partial charge < -0.3 is 11.1 Å². The molecule has 0 saturated heterocycles. The van der Waals surface area contributed by atoms with Crippen LogP contribution in [0.5, 0.6) is 0 Å². The fourth-order valence-electron chi connectivity index (χ4n) is 2.15. The van der Waals surface area contributed by atoms with Crippen LogP contribution in [0, 0.1) is 0 Å². The molecule has 0 saturated carbocycles. The molecule has 0 radical (unpaired) electrons. The lowest BCUT2D eigenvalue weighted by Crippen LogP contribution is -2.25. The zero-order valence-corrected chi connectivity index (χ0v) is 11.7. The van der Waals surface area contributed by atoms with E-state index in [9.17, 15) is 4.79 Å². The third-order valence-corrected chi connectivity index (χ3v) is 3.32. The number of aryl methyl sites for hydroxylation is 1. The molecular formula is C17H20N2O. The second kappa shape index (κ2) is 6.75. The van der Waals surface area contributed by atoms with E-state index in [-0.39, 0.29) is 5.91 Å². The minimum Gasteiger partial charge on any atom is -0.399 e. The highest BCUT2D eigenvalue weighted by Crippen LogP contribution is 2.09. The summed E-state index contributed by atoms with van der Waals surface area (Å²) in [5, 5.41) is 2.97. The Morgan fingerprint density at radius 3 is 2.35 bits per heavy atom. The van der Waals surface area contributed by atoms with Crippen molar-refractivity contribution in [1.82, 2.24) is 5.32 Å². The van der Waals surface area contributed by atoms with E-state index in [0.29, 0.717) is 18.7 Å². The molecule has 2 rings (SSSR count). The molecule has 0 aromatic heterocycles. The Balaban J connectivity index is 1.90. The van der Waals surface area contributed by atoms with Gasteiger partial charge in [-0.05, 0) is 35.2 Å². The van der Waals surface area contributed by atoms with Gasteiger partial charge in [-0.3, -0.25) is 4.79 Å². The third-order valence-electron chi connectivity index (χ3n) is 3.32. The Bertz CT molecular complexity index is 576. The van der Waals surface area contributed by atoms with Crippen molar-refractivity contribution in [3.05, 3.63) is 65.2 Å². The van der Waals surface area contributed by atoms with Gasteiger partial charge in [0.2, 0.25) is 5.91 Å². The van der Waals surface area contributed by atoms with Gasteiger partial charge in [-0.25, -0.2) is 0 Å². The van der Waals surface area contributed by atoms with Gasteiger partial charge in [-0.2, -0.15) is 0 Å². The summed E-state index contributed by atoms with van der Waals surface area (Å²) in [6, 6.07) is 15.6. The second-order valence-electron chi connectivity index (χ2n) is 4.82. The van der Waals surface area contributed by atoms with E-state index in [1.807, 2.05) is 36.4 Å². The van der Waals surface area contributed by atoms with Gasteiger partial charge in [-0.15, -0.1) is 0 Å². The molecular weight excluding hydrogens is 248 g/mol. The summed E-state index contributed by atoms with van der Waals surface area (Å²) >= 11 is 0. The fourth-order valence-corrected chi connectivity index (χ4v) is 2.15. The van der Waals surface area contributed by atoms with Crippen molar-refractivity contribution in [2.75, 3.05) is 5.73 Å². The largest absolute Gasteiger partial charge is 0.399 e. The number of hydrogen-bond acceptors (Lipinski definition) is 2. The van der Waals surface area contributed by atoms with E-state index >= 15 is 0 Å². The van der Waals surface area contributed by atoms with Crippen LogP contribution >= 0.6 is 0 Å².